The molecule has 3 heterocycles. The lowest BCUT2D eigenvalue weighted by atomic mass is 10.0. The van der Waals surface area contributed by atoms with Crippen LogP contribution in [0, 0.1) is 18.3 Å². The number of hydrogen-bond donors (Lipinski definition) is 1. The summed E-state index contributed by atoms with van der Waals surface area (Å²) >= 11 is 15.3. The molecule has 3 aromatic rings. The van der Waals surface area contributed by atoms with Crippen molar-refractivity contribution in [3.05, 3.63) is 55.7 Å². The van der Waals surface area contributed by atoms with Gasteiger partial charge in [0.15, 0.2) is 0 Å². The molecular formula is C21H17Cl2N3O2S2. The van der Waals surface area contributed by atoms with Crippen LogP contribution in [0.2, 0.25) is 10.0 Å². The molecule has 1 fully saturated rings. The third-order valence-electron chi connectivity index (χ3n) is 4.67. The summed E-state index contributed by atoms with van der Waals surface area (Å²) in [6.45, 7) is 4.45. The van der Waals surface area contributed by atoms with Crippen LogP contribution in [-0.2, 0) is 4.74 Å². The maximum Gasteiger partial charge on any atom is 0.267 e. The fourth-order valence-electron chi connectivity index (χ4n) is 3.29. The lowest BCUT2D eigenvalue weighted by molar-refractivity contribution is 0.103. The number of anilines is 2. The van der Waals surface area contributed by atoms with Gasteiger partial charge in [0.2, 0.25) is 0 Å². The Hall–Kier alpha value is -2.08. The summed E-state index contributed by atoms with van der Waals surface area (Å²) in [7, 11) is 0. The predicted octanol–water partition coefficient (Wildman–Crippen LogP) is 6.05. The highest BCUT2D eigenvalue weighted by Crippen LogP contribution is 2.45. The summed E-state index contributed by atoms with van der Waals surface area (Å²) < 4.78 is 5.44. The average Bonchev–Trinajstić information content (AvgIpc) is 3.32. The number of morpholine rings is 1. The van der Waals surface area contributed by atoms with Gasteiger partial charge in [0.25, 0.3) is 5.91 Å². The van der Waals surface area contributed by atoms with Crippen molar-refractivity contribution >= 4 is 61.8 Å². The van der Waals surface area contributed by atoms with Crippen molar-refractivity contribution in [3.63, 3.8) is 0 Å². The molecular weight excluding hydrogens is 461 g/mol. The van der Waals surface area contributed by atoms with E-state index in [-0.39, 0.29) is 5.91 Å². The number of carbonyl (C=O) groups excluding carboxylic acids is 1. The number of hydrogen-bond acceptors (Lipinski definition) is 6. The van der Waals surface area contributed by atoms with Gasteiger partial charge in [-0.1, -0.05) is 29.3 Å². The van der Waals surface area contributed by atoms with Crippen molar-refractivity contribution in [2.75, 3.05) is 36.5 Å². The second-order valence-corrected chi connectivity index (χ2v) is 9.52. The molecule has 0 bridgehead atoms. The third-order valence-corrected chi connectivity index (χ3v) is 7.43. The molecule has 9 heteroatoms. The third kappa shape index (κ3) is 4.20. The van der Waals surface area contributed by atoms with Crippen molar-refractivity contribution in [3.8, 4) is 17.2 Å². The van der Waals surface area contributed by atoms with E-state index in [0.29, 0.717) is 57.9 Å². The topological polar surface area (TPSA) is 65.4 Å². The van der Waals surface area contributed by atoms with Crippen LogP contribution in [0.5, 0.6) is 0 Å². The Bertz CT molecular complexity index is 1140. The second kappa shape index (κ2) is 8.96. The molecule has 154 valence electrons. The number of nitrogens with one attached hydrogen (secondary N) is 1. The molecule has 1 amide bonds. The van der Waals surface area contributed by atoms with Gasteiger partial charge in [-0.3, -0.25) is 4.79 Å². The quantitative estimate of drug-likeness (QED) is 0.496. The second-order valence-electron chi connectivity index (χ2n) is 6.76. The monoisotopic (exact) mass is 477 g/mol. The number of thiophene rings is 2. The maximum atomic E-state index is 13.2. The molecule has 30 heavy (non-hydrogen) atoms. The minimum absolute atomic E-state index is 0.265. The van der Waals surface area contributed by atoms with Gasteiger partial charge in [0, 0.05) is 34.3 Å². The lowest BCUT2D eigenvalue weighted by Gasteiger charge is -2.27. The first-order valence-corrected chi connectivity index (χ1v) is 11.6. The predicted molar refractivity (Wildman–Crippen MR) is 125 cm³/mol. The Kier molecular flexibility index (Phi) is 6.32. The molecule has 5 nitrogen and oxygen atoms in total. The smallest absolute Gasteiger partial charge is 0.267 e. The minimum Gasteiger partial charge on any atom is -0.378 e. The number of nitriles is 1. The van der Waals surface area contributed by atoms with Crippen molar-refractivity contribution in [1.82, 2.24) is 0 Å². The van der Waals surface area contributed by atoms with Crippen LogP contribution in [-0.4, -0.2) is 32.2 Å². The van der Waals surface area contributed by atoms with Crippen molar-refractivity contribution in [2.45, 2.75) is 6.92 Å². The van der Waals surface area contributed by atoms with Gasteiger partial charge in [-0.15, -0.1) is 22.7 Å². The zero-order valence-corrected chi connectivity index (χ0v) is 19.1. The lowest BCUT2D eigenvalue weighted by Crippen LogP contribution is -2.36. The van der Waals surface area contributed by atoms with E-state index in [1.54, 1.807) is 18.2 Å². The summed E-state index contributed by atoms with van der Waals surface area (Å²) in [5, 5.41) is 17.4. The van der Waals surface area contributed by atoms with Crippen LogP contribution in [0.3, 0.4) is 0 Å². The fourth-order valence-corrected chi connectivity index (χ4v) is 5.79. The molecule has 4 rings (SSSR count). The summed E-state index contributed by atoms with van der Waals surface area (Å²) in [5.41, 5.74) is 2.67. The number of nitrogens with zero attached hydrogens (tertiary/aromatic N) is 2. The van der Waals surface area contributed by atoms with E-state index in [2.05, 4.69) is 16.3 Å². The van der Waals surface area contributed by atoms with Gasteiger partial charge in [0.05, 0.1) is 23.8 Å². The van der Waals surface area contributed by atoms with E-state index in [4.69, 9.17) is 27.9 Å². The van der Waals surface area contributed by atoms with E-state index in [0.717, 1.165) is 15.6 Å². The Morgan fingerprint density at radius 1 is 1.27 bits per heavy atom. The molecule has 0 saturated carbocycles. The van der Waals surface area contributed by atoms with Crippen LogP contribution in [0.15, 0.2) is 29.6 Å². The van der Waals surface area contributed by atoms with Crippen LogP contribution in [0.4, 0.5) is 10.0 Å². The van der Waals surface area contributed by atoms with E-state index in [1.807, 2.05) is 18.4 Å². The number of benzene rings is 1. The molecule has 2 aromatic heterocycles. The maximum absolute atomic E-state index is 13.2. The van der Waals surface area contributed by atoms with Gasteiger partial charge in [-0.2, -0.15) is 5.26 Å². The molecule has 0 spiro atoms. The van der Waals surface area contributed by atoms with Gasteiger partial charge in [-0.05, 0) is 36.1 Å². The Morgan fingerprint density at radius 3 is 2.67 bits per heavy atom. The summed E-state index contributed by atoms with van der Waals surface area (Å²) in [6.07, 6.45) is 0. The van der Waals surface area contributed by atoms with Crippen LogP contribution in [0.1, 0.15) is 20.8 Å². The number of halogens is 2. The van der Waals surface area contributed by atoms with Crippen LogP contribution in [0.25, 0.3) is 11.1 Å². The number of carbonyl (C=O) groups is 1. The van der Waals surface area contributed by atoms with E-state index in [9.17, 15) is 10.1 Å². The standard InChI is InChI=1S/C21H17Cl2N3O2S2/c1-12-8-17(29-11-12)25-20(27)19-18(14-3-2-13(22)9-16(14)23)15(10-24)21(30-19)26-4-6-28-7-5-26/h2-3,8-9,11H,4-7H2,1H3,(H,25,27). The Morgan fingerprint density at radius 2 is 2.03 bits per heavy atom. The summed E-state index contributed by atoms with van der Waals surface area (Å²) in [4.78, 5) is 15.8. The van der Waals surface area contributed by atoms with Gasteiger partial charge >= 0.3 is 0 Å². The first-order chi connectivity index (χ1) is 14.5. The molecule has 0 radical (unpaired) electrons. The van der Waals surface area contributed by atoms with Crippen LogP contribution < -0.4 is 10.2 Å². The minimum atomic E-state index is -0.265. The van der Waals surface area contributed by atoms with Crippen LogP contribution >= 0.6 is 45.9 Å². The molecule has 1 aliphatic heterocycles. The molecule has 1 aliphatic rings. The van der Waals surface area contributed by atoms with E-state index < -0.39 is 0 Å². The highest BCUT2D eigenvalue weighted by Gasteiger charge is 2.29. The summed E-state index contributed by atoms with van der Waals surface area (Å²) in [5.74, 6) is -0.265. The number of amides is 1. The number of ether oxygens (including phenoxy) is 1. The molecule has 0 atom stereocenters. The highest BCUT2D eigenvalue weighted by atomic mass is 35.5. The van der Waals surface area contributed by atoms with Crippen molar-refractivity contribution in [2.24, 2.45) is 0 Å². The highest BCUT2D eigenvalue weighted by molar-refractivity contribution is 7.19. The van der Waals surface area contributed by atoms with E-state index >= 15 is 0 Å². The van der Waals surface area contributed by atoms with Gasteiger partial charge < -0.3 is 15.0 Å². The number of rotatable bonds is 4. The molecule has 1 saturated heterocycles. The normalized spacial score (nSPS) is 13.9. The zero-order valence-electron chi connectivity index (χ0n) is 16.0. The first-order valence-electron chi connectivity index (χ1n) is 9.19. The molecule has 0 unspecified atom stereocenters. The fraction of sp³-hybridized carbons (Fsp3) is 0.238. The van der Waals surface area contributed by atoms with Crippen molar-refractivity contribution in [1.29, 1.82) is 5.26 Å². The van der Waals surface area contributed by atoms with E-state index in [1.165, 1.54) is 22.7 Å². The van der Waals surface area contributed by atoms with Gasteiger partial charge in [0.1, 0.15) is 15.9 Å². The Labute approximate surface area is 192 Å². The van der Waals surface area contributed by atoms with Crippen molar-refractivity contribution < 1.29 is 9.53 Å². The van der Waals surface area contributed by atoms with Gasteiger partial charge in [-0.25, -0.2) is 0 Å². The SMILES string of the molecule is Cc1csc(NC(=O)c2sc(N3CCOCC3)c(C#N)c2-c2ccc(Cl)cc2Cl)c1. The summed E-state index contributed by atoms with van der Waals surface area (Å²) in [6, 6.07) is 9.30. The zero-order chi connectivity index (χ0) is 21.3. The Balaban J connectivity index is 1.85. The average molecular weight is 478 g/mol. The molecule has 1 aromatic carbocycles. The largest absolute Gasteiger partial charge is 0.378 e. The molecule has 0 aliphatic carbocycles. The first kappa shape index (κ1) is 21.2. The molecule has 1 N–H and O–H groups in total. The number of aryl methyl sites for hydroxylation is 1.